The first-order valence-electron chi connectivity index (χ1n) is 6.82. The Hall–Kier alpha value is -1.24. The van der Waals surface area contributed by atoms with Crippen molar-refractivity contribution in [3.8, 4) is 0 Å². The Morgan fingerprint density at radius 3 is 2.65 bits per heavy atom. The molecule has 1 heterocycles. The van der Waals surface area contributed by atoms with E-state index in [0.717, 1.165) is 5.75 Å². The number of amides is 2. The van der Waals surface area contributed by atoms with Crippen LogP contribution in [0.15, 0.2) is 0 Å². The molecule has 1 fully saturated rings. The molecular formula is C13H22N2O4S. The fourth-order valence-corrected chi connectivity index (χ4v) is 2.76. The molecule has 6 nitrogen and oxygen atoms in total. The summed E-state index contributed by atoms with van der Waals surface area (Å²) in [4.78, 5) is 38.3. The standard InChI is InChI=1S/C13H22N2O4S/c1-4-19-12(17)9-15(10(2)3)11(16)5-6-14-7-8-20-13(14)18/h10H,4-9H2,1-3H3. The summed E-state index contributed by atoms with van der Waals surface area (Å²) in [5.41, 5.74) is 0. The lowest BCUT2D eigenvalue weighted by atomic mass is 10.2. The smallest absolute Gasteiger partial charge is 0.325 e. The van der Waals surface area contributed by atoms with Crippen molar-refractivity contribution in [3.05, 3.63) is 0 Å². The van der Waals surface area contributed by atoms with E-state index in [1.807, 2.05) is 13.8 Å². The monoisotopic (exact) mass is 302 g/mol. The Morgan fingerprint density at radius 1 is 1.45 bits per heavy atom. The minimum Gasteiger partial charge on any atom is -0.465 e. The number of thioether (sulfide) groups is 1. The molecule has 1 aliphatic rings. The predicted molar refractivity (Wildman–Crippen MR) is 77.5 cm³/mol. The molecule has 0 aliphatic carbocycles. The highest BCUT2D eigenvalue weighted by Gasteiger charge is 2.24. The quantitative estimate of drug-likeness (QED) is 0.664. The third kappa shape index (κ3) is 5.03. The predicted octanol–water partition coefficient (Wildman–Crippen LogP) is 1.35. The average molecular weight is 302 g/mol. The molecule has 20 heavy (non-hydrogen) atoms. The maximum Gasteiger partial charge on any atom is 0.325 e. The van der Waals surface area contributed by atoms with E-state index >= 15 is 0 Å². The lowest BCUT2D eigenvalue weighted by Crippen LogP contribution is -2.42. The highest BCUT2D eigenvalue weighted by atomic mass is 32.2. The summed E-state index contributed by atoms with van der Waals surface area (Å²) in [5.74, 6) is 0.254. The van der Waals surface area contributed by atoms with Crippen LogP contribution in [0.5, 0.6) is 0 Å². The lowest BCUT2D eigenvalue weighted by Gasteiger charge is -2.26. The molecule has 0 aromatic rings. The molecule has 0 aromatic heterocycles. The van der Waals surface area contributed by atoms with Crippen molar-refractivity contribution in [3.63, 3.8) is 0 Å². The summed E-state index contributed by atoms with van der Waals surface area (Å²) in [6, 6.07) is -0.0736. The van der Waals surface area contributed by atoms with Gasteiger partial charge in [-0.05, 0) is 20.8 Å². The molecule has 1 saturated heterocycles. The molecule has 7 heteroatoms. The second-order valence-corrected chi connectivity index (χ2v) is 5.82. The Balaban J connectivity index is 2.47. The maximum atomic E-state index is 12.2. The molecule has 2 amide bonds. The van der Waals surface area contributed by atoms with Crippen molar-refractivity contribution in [1.29, 1.82) is 0 Å². The van der Waals surface area contributed by atoms with E-state index in [9.17, 15) is 14.4 Å². The van der Waals surface area contributed by atoms with Crippen LogP contribution in [0.3, 0.4) is 0 Å². The summed E-state index contributed by atoms with van der Waals surface area (Å²) in [7, 11) is 0. The second kappa shape index (κ2) is 8.14. The van der Waals surface area contributed by atoms with Crippen LogP contribution in [0.1, 0.15) is 27.2 Å². The molecule has 1 rings (SSSR count). The normalized spacial score (nSPS) is 14.8. The summed E-state index contributed by atoms with van der Waals surface area (Å²) in [6.45, 7) is 6.82. The van der Waals surface area contributed by atoms with Crippen LogP contribution >= 0.6 is 11.8 Å². The molecule has 0 atom stereocenters. The number of rotatable bonds is 7. The van der Waals surface area contributed by atoms with Crippen molar-refractivity contribution in [2.45, 2.75) is 33.2 Å². The number of esters is 1. The first-order chi connectivity index (χ1) is 9.45. The highest BCUT2D eigenvalue weighted by molar-refractivity contribution is 8.13. The van der Waals surface area contributed by atoms with Gasteiger partial charge in [-0.25, -0.2) is 0 Å². The van der Waals surface area contributed by atoms with Gasteiger partial charge in [-0.15, -0.1) is 0 Å². The van der Waals surface area contributed by atoms with Gasteiger partial charge in [-0.3, -0.25) is 14.4 Å². The topological polar surface area (TPSA) is 66.9 Å². The molecule has 114 valence electrons. The number of nitrogens with zero attached hydrogens (tertiary/aromatic N) is 2. The summed E-state index contributed by atoms with van der Waals surface area (Å²) >= 11 is 1.28. The SMILES string of the molecule is CCOC(=O)CN(C(=O)CCN1CCSC1=O)C(C)C. The van der Waals surface area contributed by atoms with E-state index in [1.165, 1.54) is 16.7 Å². The van der Waals surface area contributed by atoms with Crippen LogP contribution in [0.25, 0.3) is 0 Å². The van der Waals surface area contributed by atoms with E-state index < -0.39 is 5.97 Å². The van der Waals surface area contributed by atoms with E-state index in [1.54, 1.807) is 11.8 Å². The van der Waals surface area contributed by atoms with Gasteiger partial charge >= 0.3 is 5.97 Å². The van der Waals surface area contributed by atoms with E-state index in [4.69, 9.17) is 4.74 Å². The van der Waals surface area contributed by atoms with Crippen molar-refractivity contribution in [1.82, 2.24) is 9.80 Å². The van der Waals surface area contributed by atoms with Crippen molar-refractivity contribution >= 4 is 28.9 Å². The average Bonchev–Trinajstić information content (AvgIpc) is 2.78. The lowest BCUT2D eigenvalue weighted by molar-refractivity contribution is -0.150. The Labute approximate surface area is 123 Å². The van der Waals surface area contributed by atoms with Gasteiger partial charge in [0.15, 0.2) is 0 Å². The molecule has 0 aromatic carbocycles. The van der Waals surface area contributed by atoms with Crippen LogP contribution in [0.2, 0.25) is 0 Å². The van der Waals surface area contributed by atoms with E-state index in [-0.39, 0.29) is 30.2 Å². The maximum absolute atomic E-state index is 12.2. The van der Waals surface area contributed by atoms with E-state index in [2.05, 4.69) is 0 Å². The summed E-state index contributed by atoms with van der Waals surface area (Å²) in [5, 5.41) is 0.0271. The Morgan fingerprint density at radius 2 is 2.15 bits per heavy atom. The third-order valence-corrected chi connectivity index (χ3v) is 3.88. The Bertz CT molecular complexity index is 373. The third-order valence-electron chi connectivity index (χ3n) is 2.99. The first kappa shape index (κ1) is 16.8. The number of hydrogen-bond donors (Lipinski definition) is 0. The Kier molecular flexibility index (Phi) is 6.84. The van der Waals surface area contributed by atoms with Crippen LogP contribution in [-0.2, 0) is 14.3 Å². The van der Waals surface area contributed by atoms with Crippen LogP contribution < -0.4 is 0 Å². The molecule has 0 bridgehead atoms. The van der Waals surface area contributed by atoms with E-state index in [0.29, 0.717) is 19.7 Å². The van der Waals surface area contributed by atoms with Gasteiger partial charge in [0.25, 0.3) is 5.24 Å². The summed E-state index contributed by atoms with van der Waals surface area (Å²) in [6.07, 6.45) is 0.240. The fraction of sp³-hybridized carbons (Fsp3) is 0.769. The second-order valence-electron chi connectivity index (χ2n) is 4.77. The number of hydrogen-bond acceptors (Lipinski definition) is 5. The molecule has 0 unspecified atom stereocenters. The first-order valence-corrected chi connectivity index (χ1v) is 7.81. The highest BCUT2D eigenvalue weighted by Crippen LogP contribution is 2.17. The molecule has 0 N–H and O–H groups in total. The zero-order valence-electron chi connectivity index (χ0n) is 12.3. The number of ether oxygens (including phenoxy) is 1. The zero-order chi connectivity index (χ0) is 15.1. The van der Waals surface area contributed by atoms with Crippen LogP contribution in [-0.4, -0.2) is 65.0 Å². The molecule has 0 saturated carbocycles. The minimum atomic E-state index is -0.401. The van der Waals surface area contributed by atoms with Crippen LogP contribution in [0.4, 0.5) is 4.79 Å². The molecule has 0 radical (unpaired) electrons. The number of carbonyl (C=O) groups excluding carboxylic acids is 3. The molecular weight excluding hydrogens is 280 g/mol. The summed E-state index contributed by atoms with van der Waals surface area (Å²) < 4.78 is 4.87. The van der Waals surface area contributed by atoms with Crippen molar-refractivity contribution < 1.29 is 19.1 Å². The van der Waals surface area contributed by atoms with Gasteiger partial charge in [0.1, 0.15) is 6.54 Å². The molecule has 1 aliphatic heterocycles. The van der Waals surface area contributed by atoms with Crippen molar-refractivity contribution in [2.24, 2.45) is 0 Å². The zero-order valence-corrected chi connectivity index (χ0v) is 13.1. The molecule has 0 spiro atoms. The van der Waals surface area contributed by atoms with Gasteiger partial charge in [0.2, 0.25) is 5.91 Å². The van der Waals surface area contributed by atoms with Crippen LogP contribution in [0, 0.1) is 0 Å². The van der Waals surface area contributed by atoms with Gasteiger partial charge in [0.05, 0.1) is 6.61 Å². The minimum absolute atomic E-state index is 0.0271. The van der Waals surface area contributed by atoms with Gasteiger partial charge < -0.3 is 14.5 Å². The van der Waals surface area contributed by atoms with Gasteiger partial charge in [-0.1, -0.05) is 11.8 Å². The van der Waals surface area contributed by atoms with Gasteiger partial charge in [0, 0.05) is 31.3 Å². The largest absolute Gasteiger partial charge is 0.465 e. The number of carbonyl (C=O) groups is 3. The van der Waals surface area contributed by atoms with Crippen molar-refractivity contribution in [2.75, 3.05) is 32.0 Å². The van der Waals surface area contributed by atoms with Gasteiger partial charge in [-0.2, -0.15) is 0 Å². The fourth-order valence-electron chi connectivity index (χ4n) is 1.91.